The van der Waals surface area contributed by atoms with E-state index in [2.05, 4.69) is 51.0 Å². The van der Waals surface area contributed by atoms with Gasteiger partial charge < -0.3 is 14.4 Å². The summed E-state index contributed by atoms with van der Waals surface area (Å²) in [7, 11) is 0. The number of nitrogens with zero attached hydrogens (tertiary/aromatic N) is 3. The zero-order chi connectivity index (χ0) is 24.0. The van der Waals surface area contributed by atoms with Crippen LogP contribution < -0.4 is 14.4 Å². The van der Waals surface area contributed by atoms with E-state index in [1.165, 1.54) is 15.8 Å². The highest BCUT2D eigenvalue weighted by atomic mass is 32.1. The average molecular weight is 488 g/mol. The van der Waals surface area contributed by atoms with Crippen molar-refractivity contribution in [2.45, 2.75) is 12.8 Å². The molecule has 1 aliphatic heterocycles. The van der Waals surface area contributed by atoms with Crippen molar-refractivity contribution < 1.29 is 14.3 Å². The molecule has 6 nitrogen and oxygen atoms in total. The molecule has 0 amide bonds. The van der Waals surface area contributed by atoms with E-state index in [9.17, 15) is 4.79 Å². The first-order chi connectivity index (χ1) is 17.2. The highest BCUT2D eigenvalue weighted by Crippen LogP contribution is 2.31. The highest BCUT2D eigenvalue weighted by Gasteiger charge is 2.18. The number of thiophene rings is 1. The monoisotopic (exact) mass is 487 g/mol. The number of piperazine rings is 1. The van der Waals surface area contributed by atoms with E-state index in [0.29, 0.717) is 6.61 Å². The minimum absolute atomic E-state index is 0.256. The Morgan fingerprint density at radius 2 is 1.91 bits per heavy atom. The summed E-state index contributed by atoms with van der Waals surface area (Å²) in [4.78, 5) is 20.9. The van der Waals surface area contributed by atoms with Crippen molar-refractivity contribution in [1.82, 2.24) is 9.88 Å². The summed E-state index contributed by atoms with van der Waals surface area (Å²) in [6, 6.07) is 18.2. The van der Waals surface area contributed by atoms with Crippen molar-refractivity contribution in [2.24, 2.45) is 0 Å². The molecule has 0 aliphatic carbocycles. The minimum atomic E-state index is -0.523. The summed E-state index contributed by atoms with van der Waals surface area (Å²) < 4.78 is 12.4. The molecule has 0 spiro atoms. The Morgan fingerprint density at radius 1 is 1.06 bits per heavy atom. The SMILES string of the molecule is C=CC(=O)Oc1ccc2ccc(OCCCCN3CCN(c4cccc5sccc45)CC3)cc2n1. The number of esters is 1. The summed E-state index contributed by atoms with van der Waals surface area (Å²) >= 11 is 1.81. The molecule has 0 N–H and O–H groups in total. The molecule has 5 rings (SSSR count). The molecule has 0 unspecified atom stereocenters. The van der Waals surface area contributed by atoms with Gasteiger partial charge in [0.05, 0.1) is 12.1 Å². The second-order valence-electron chi connectivity index (χ2n) is 8.62. The number of fused-ring (bicyclic) bond motifs is 2. The molecule has 1 aliphatic rings. The summed E-state index contributed by atoms with van der Waals surface area (Å²) in [5.74, 6) is 0.505. The number of pyridine rings is 1. The smallest absolute Gasteiger partial charge is 0.336 e. The summed E-state index contributed by atoms with van der Waals surface area (Å²) in [6.07, 6.45) is 3.22. The van der Waals surface area contributed by atoms with Gasteiger partial charge in [0.2, 0.25) is 5.88 Å². The van der Waals surface area contributed by atoms with Gasteiger partial charge in [-0.15, -0.1) is 11.3 Å². The van der Waals surface area contributed by atoms with Gasteiger partial charge in [0.1, 0.15) is 5.75 Å². The standard InChI is InChI=1S/C28H29N3O3S/c1-2-28(32)34-27-11-9-21-8-10-22(20-24(21)29-27)33-18-4-3-13-30-14-16-31(17-15-30)25-6-5-7-26-23(25)12-19-35-26/h2,5-12,19-20H,1,3-4,13-18H2. The summed E-state index contributed by atoms with van der Waals surface area (Å²) in [5.41, 5.74) is 2.10. The van der Waals surface area contributed by atoms with Gasteiger partial charge in [0.15, 0.2) is 0 Å². The number of ether oxygens (including phenoxy) is 2. The molecule has 0 radical (unpaired) electrons. The number of carbonyl (C=O) groups is 1. The van der Waals surface area contributed by atoms with Gasteiger partial charge in [0, 0.05) is 65.5 Å². The normalized spacial score (nSPS) is 14.3. The number of benzene rings is 2. The first-order valence-electron chi connectivity index (χ1n) is 12.0. The van der Waals surface area contributed by atoms with E-state index in [1.807, 2.05) is 35.6 Å². The van der Waals surface area contributed by atoms with Gasteiger partial charge in [0.25, 0.3) is 0 Å². The van der Waals surface area contributed by atoms with E-state index in [-0.39, 0.29) is 5.88 Å². The molecule has 4 aromatic rings. The van der Waals surface area contributed by atoms with Crippen LogP contribution in [0.4, 0.5) is 5.69 Å². The molecule has 0 saturated carbocycles. The maximum Gasteiger partial charge on any atom is 0.336 e. The van der Waals surface area contributed by atoms with Crippen LogP contribution in [-0.4, -0.2) is 55.2 Å². The quantitative estimate of drug-likeness (QED) is 0.176. The predicted molar refractivity (Wildman–Crippen MR) is 143 cm³/mol. The van der Waals surface area contributed by atoms with Gasteiger partial charge in [-0.1, -0.05) is 12.6 Å². The molecule has 3 heterocycles. The molecule has 2 aromatic carbocycles. The number of unbranched alkanes of at least 4 members (excludes halogenated alkanes) is 1. The topological polar surface area (TPSA) is 54.9 Å². The molecular weight excluding hydrogens is 458 g/mol. The van der Waals surface area contributed by atoms with Crippen molar-refractivity contribution >= 4 is 44.0 Å². The van der Waals surface area contributed by atoms with Crippen LogP contribution in [0.2, 0.25) is 0 Å². The maximum absolute atomic E-state index is 11.4. The van der Waals surface area contributed by atoms with Crippen LogP contribution in [0.25, 0.3) is 21.0 Å². The van der Waals surface area contributed by atoms with Gasteiger partial charge in [-0.2, -0.15) is 0 Å². The number of anilines is 1. The largest absolute Gasteiger partial charge is 0.494 e. The number of carbonyl (C=O) groups excluding carboxylic acids is 1. The Balaban J connectivity index is 1.05. The van der Waals surface area contributed by atoms with Gasteiger partial charge in [-0.3, -0.25) is 4.90 Å². The van der Waals surface area contributed by atoms with Gasteiger partial charge >= 0.3 is 5.97 Å². The molecular formula is C28H29N3O3S. The minimum Gasteiger partial charge on any atom is -0.494 e. The van der Waals surface area contributed by atoms with Crippen molar-refractivity contribution in [3.05, 3.63) is 72.6 Å². The predicted octanol–water partition coefficient (Wildman–Crippen LogP) is 5.52. The Hall–Kier alpha value is -3.42. The molecule has 0 atom stereocenters. The highest BCUT2D eigenvalue weighted by molar-refractivity contribution is 7.17. The fourth-order valence-electron chi connectivity index (χ4n) is 4.46. The van der Waals surface area contributed by atoms with Crippen LogP contribution in [0, 0.1) is 0 Å². The Kier molecular flexibility index (Phi) is 7.25. The number of hydrogen-bond acceptors (Lipinski definition) is 7. The fraction of sp³-hybridized carbons (Fsp3) is 0.286. The molecule has 2 aromatic heterocycles. The second kappa shape index (κ2) is 10.9. The lowest BCUT2D eigenvalue weighted by atomic mass is 10.2. The number of rotatable bonds is 9. The molecule has 0 bridgehead atoms. The molecule has 35 heavy (non-hydrogen) atoms. The van der Waals surface area contributed by atoms with Crippen molar-refractivity contribution in [2.75, 3.05) is 44.2 Å². The lowest BCUT2D eigenvalue weighted by molar-refractivity contribution is -0.129. The summed E-state index contributed by atoms with van der Waals surface area (Å²) in [5, 5.41) is 4.52. The molecule has 7 heteroatoms. The van der Waals surface area contributed by atoms with E-state index in [0.717, 1.165) is 68.3 Å². The third-order valence-corrected chi connectivity index (χ3v) is 7.22. The van der Waals surface area contributed by atoms with Crippen LogP contribution in [0.5, 0.6) is 11.6 Å². The van der Waals surface area contributed by atoms with Gasteiger partial charge in [-0.05, 0) is 61.2 Å². The second-order valence-corrected chi connectivity index (χ2v) is 9.57. The van der Waals surface area contributed by atoms with E-state index in [1.54, 1.807) is 6.07 Å². The molecule has 180 valence electrons. The lowest BCUT2D eigenvalue weighted by Crippen LogP contribution is -2.46. The first-order valence-corrected chi connectivity index (χ1v) is 12.9. The van der Waals surface area contributed by atoms with E-state index < -0.39 is 5.97 Å². The van der Waals surface area contributed by atoms with Gasteiger partial charge in [-0.25, -0.2) is 9.78 Å². The van der Waals surface area contributed by atoms with Crippen LogP contribution >= 0.6 is 11.3 Å². The molecule has 1 fully saturated rings. The fourth-order valence-corrected chi connectivity index (χ4v) is 5.27. The third-order valence-electron chi connectivity index (χ3n) is 6.33. The van der Waals surface area contributed by atoms with Crippen molar-refractivity contribution in [3.63, 3.8) is 0 Å². The van der Waals surface area contributed by atoms with Crippen LogP contribution in [-0.2, 0) is 4.79 Å². The van der Waals surface area contributed by atoms with Crippen LogP contribution in [0.1, 0.15) is 12.8 Å². The average Bonchev–Trinajstić information content (AvgIpc) is 3.38. The van der Waals surface area contributed by atoms with E-state index >= 15 is 0 Å². The van der Waals surface area contributed by atoms with Crippen LogP contribution in [0.3, 0.4) is 0 Å². The summed E-state index contributed by atoms with van der Waals surface area (Å²) in [6.45, 7) is 9.49. The molecule has 1 saturated heterocycles. The van der Waals surface area contributed by atoms with E-state index in [4.69, 9.17) is 9.47 Å². The Morgan fingerprint density at radius 3 is 2.77 bits per heavy atom. The van der Waals surface area contributed by atoms with Crippen LogP contribution in [0.15, 0.2) is 72.6 Å². The zero-order valence-corrected chi connectivity index (χ0v) is 20.5. The zero-order valence-electron chi connectivity index (χ0n) is 19.7. The van der Waals surface area contributed by atoms with Crippen molar-refractivity contribution in [1.29, 1.82) is 0 Å². The maximum atomic E-state index is 11.4. The van der Waals surface area contributed by atoms with Crippen molar-refractivity contribution in [3.8, 4) is 11.6 Å². The third kappa shape index (κ3) is 5.63. The Bertz CT molecular complexity index is 1330. The number of aromatic nitrogens is 1. The Labute approximate surface area is 209 Å². The first kappa shape index (κ1) is 23.3. The number of hydrogen-bond donors (Lipinski definition) is 0. The lowest BCUT2D eigenvalue weighted by Gasteiger charge is -2.36.